The van der Waals surface area contributed by atoms with Crippen molar-refractivity contribution in [1.29, 1.82) is 0 Å². The van der Waals surface area contributed by atoms with Crippen LogP contribution in [0.15, 0.2) is 23.8 Å². The van der Waals surface area contributed by atoms with Crippen LogP contribution in [0, 0.1) is 21.7 Å². The number of benzene rings is 1. The lowest BCUT2D eigenvalue weighted by Crippen LogP contribution is -2.24. The molecule has 0 aliphatic heterocycles. The molecule has 1 aromatic rings. The van der Waals surface area contributed by atoms with Crippen molar-refractivity contribution in [3.05, 3.63) is 51.1 Å². The Morgan fingerprint density at radius 1 is 1.37 bits per heavy atom. The van der Waals surface area contributed by atoms with Gasteiger partial charge in [-0.25, -0.2) is 8.78 Å². The van der Waals surface area contributed by atoms with Gasteiger partial charge in [0.2, 0.25) is 0 Å². The molecule has 0 aromatic heterocycles. The minimum Gasteiger partial charge on any atom is -0.348 e. The second-order valence-corrected chi connectivity index (χ2v) is 4.03. The number of hydrogen-bond acceptors (Lipinski definition) is 3. The van der Waals surface area contributed by atoms with Gasteiger partial charge in [-0.15, -0.1) is 0 Å². The molecule has 19 heavy (non-hydrogen) atoms. The van der Waals surface area contributed by atoms with Crippen molar-refractivity contribution < 1.29 is 18.5 Å². The summed E-state index contributed by atoms with van der Waals surface area (Å²) >= 11 is 0. The van der Waals surface area contributed by atoms with Gasteiger partial charge in [-0.05, 0) is 19.9 Å². The predicted molar refractivity (Wildman–Crippen MR) is 64.8 cm³/mol. The summed E-state index contributed by atoms with van der Waals surface area (Å²) in [6.07, 6.45) is 1.68. The molecule has 0 aliphatic carbocycles. The lowest BCUT2D eigenvalue weighted by atomic mass is 10.1. The first-order valence-corrected chi connectivity index (χ1v) is 5.38. The van der Waals surface area contributed by atoms with Gasteiger partial charge in [-0.1, -0.05) is 11.6 Å². The Morgan fingerprint density at radius 2 is 1.95 bits per heavy atom. The number of carbonyl (C=O) groups is 1. The molecule has 0 atom stereocenters. The Balaban J connectivity index is 3.04. The average Bonchev–Trinajstić information content (AvgIpc) is 2.31. The molecule has 1 amide bonds. The predicted octanol–water partition coefficient (Wildman–Crippen LogP) is 2.57. The molecule has 0 aliphatic rings. The number of halogens is 2. The fourth-order valence-corrected chi connectivity index (χ4v) is 1.31. The maximum Gasteiger partial charge on any atom is 0.285 e. The highest BCUT2D eigenvalue weighted by Crippen LogP contribution is 2.22. The first kappa shape index (κ1) is 14.7. The van der Waals surface area contributed by atoms with Crippen molar-refractivity contribution in [2.24, 2.45) is 0 Å². The van der Waals surface area contributed by atoms with Crippen LogP contribution in [0.2, 0.25) is 0 Å². The first-order chi connectivity index (χ1) is 8.82. The van der Waals surface area contributed by atoms with Crippen LogP contribution in [0.3, 0.4) is 0 Å². The third-order valence-electron chi connectivity index (χ3n) is 2.25. The van der Waals surface area contributed by atoms with Crippen molar-refractivity contribution in [2.75, 3.05) is 6.54 Å². The van der Waals surface area contributed by atoms with Gasteiger partial charge in [0.15, 0.2) is 11.6 Å². The van der Waals surface area contributed by atoms with Crippen molar-refractivity contribution in [3.63, 3.8) is 0 Å². The largest absolute Gasteiger partial charge is 0.348 e. The van der Waals surface area contributed by atoms with Crippen LogP contribution >= 0.6 is 0 Å². The lowest BCUT2D eigenvalue weighted by Gasteiger charge is -2.04. The molecule has 1 N–H and O–H groups in total. The van der Waals surface area contributed by atoms with E-state index in [1.165, 1.54) is 0 Å². The molecule has 0 saturated heterocycles. The fourth-order valence-electron chi connectivity index (χ4n) is 1.31. The molecular weight excluding hydrogens is 258 g/mol. The molecule has 7 heteroatoms. The highest BCUT2D eigenvalue weighted by Gasteiger charge is 2.23. The maximum absolute atomic E-state index is 13.0. The SMILES string of the molecule is CC(C)=CCNC(=O)c1cc(F)c(F)cc1[N+](=O)[O-]. The Morgan fingerprint density at radius 3 is 2.47 bits per heavy atom. The van der Waals surface area contributed by atoms with E-state index in [0.29, 0.717) is 12.1 Å². The van der Waals surface area contributed by atoms with Crippen LogP contribution in [-0.2, 0) is 0 Å². The normalized spacial score (nSPS) is 9.89. The van der Waals surface area contributed by atoms with E-state index in [0.717, 1.165) is 5.57 Å². The van der Waals surface area contributed by atoms with Crippen molar-refractivity contribution >= 4 is 11.6 Å². The minimum absolute atomic E-state index is 0.150. The highest BCUT2D eigenvalue weighted by molar-refractivity contribution is 5.98. The zero-order valence-electron chi connectivity index (χ0n) is 10.4. The molecule has 102 valence electrons. The van der Waals surface area contributed by atoms with E-state index in [9.17, 15) is 23.7 Å². The zero-order valence-corrected chi connectivity index (χ0v) is 10.4. The van der Waals surface area contributed by atoms with Crippen LogP contribution in [-0.4, -0.2) is 17.4 Å². The van der Waals surface area contributed by atoms with E-state index in [1.807, 2.05) is 13.8 Å². The van der Waals surface area contributed by atoms with Crippen LogP contribution in [0.4, 0.5) is 14.5 Å². The monoisotopic (exact) mass is 270 g/mol. The molecule has 0 heterocycles. The summed E-state index contributed by atoms with van der Waals surface area (Å²) in [4.78, 5) is 21.4. The first-order valence-electron chi connectivity index (χ1n) is 5.38. The number of nitrogens with one attached hydrogen (secondary N) is 1. The van der Waals surface area contributed by atoms with E-state index in [-0.39, 0.29) is 6.54 Å². The third kappa shape index (κ3) is 3.84. The van der Waals surface area contributed by atoms with E-state index < -0.39 is 33.7 Å². The van der Waals surface area contributed by atoms with Gasteiger partial charge in [0.1, 0.15) is 5.56 Å². The zero-order chi connectivity index (χ0) is 14.6. The second kappa shape index (κ2) is 6.03. The molecule has 1 rings (SSSR count). The molecule has 0 saturated carbocycles. The number of nitro groups is 1. The number of allylic oxidation sites excluding steroid dienone is 1. The fraction of sp³-hybridized carbons (Fsp3) is 0.250. The van der Waals surface area contributed by atoms with E-state index in [4.69, 9.17) is 0 Å². The summed E-state index contributed by atoms with van der Waals surface area (Å²) < 4.78 is 26.0. The second-order valence-electron chi connectivity index (χ2n) is 4.03. The summed E-state index contributed by atoms with van der Waals surface area (Å²) in [5.74, 6) is -3.51. The van der Waals surface area contributed by atoms with Gasteiger partial charge in [-0.3, -0.25) is 14.9 Å². The number of hydrogen-bond donors (Lipinski definition) is 1. The molecule has 0 bridgehead atoms. The number of nitro benzene ring substituents is 1. The number of carbonyl (C=O) groups excluding carboxylic acids is 1. The van der Waals surface area contributed by atoms with Gasteiger partial charge in [0.25, 0.3) is 11.6 Å². The van der Waals surface area contributed by atoms with Crippen LogP contribution < -0.4 is 5.32 Å². The Hall–Kier alpha value is -2.31. The molecule has 1 aromatic carbocycles. The number of amides is 1. The third-order valence-corrected chi connectivity index (χ3v) is 2.25. The molecule has 0 fully saturated rings. The number of nitrogens with zero attached hydrogens (tertiary/aromatic N) is 1. The number of rotatable bonds is 4. The smallest absolute Gasteiger partial charge is 0.285 e. The van der Waals surface area contributed by atoms with Gasteiger partial charge in [0.05, 0.1) is 11.0 Å². The summed E-state index contributed by atoms with van der Waals surface area (Å²) in [6, 6.07) is 0.913. The van der Waals surface area contributed by atoms with Crippen LogP contribution in [0.25, 0.3) is 0 Å². The summed E-state index contributed by atoms with van der Waals surface area (Å²) in [6.45, 7) is 3.77. The van der Waals surface area contributed by atoms with Gasteiger partial charge in [-0.2, -0.15) is 0 Å². The molecule has 0 radical (unpaired) electrons. The quantitative estimate of drug-likeness (QED) is 0.519. The highest BCUT2D eigenvalue weighted by atomic mass is 19.2. The average molecular weight is 270 g/mol. The van der Waals surface area contributed by atoms with E-state index in [2.05, 4.69) is 5.32 Å². The van der Waals surface area contributed by atoms with Crippen molar-refractivity contribution in [3.8, 4) is 0 Å². The van der Waals surface area contributed by atoms with Crippen molar-refractivity contribution in [2.45, 2.75) is 13.8 Å². The summed E-state index contributed by atoms with van der Waals surface area (Å²) in [5.41, 5.74) is -0.334. The molecule has 0 spiro atoms. The Labute approximate surface area is 108 Å². The molecular formula is C12H12F2N2O3. The Kier molecular flexibility index (Phi) is 4.68. The standard InChI is InChI=1S/C12H12F2N2O3/c1-7(2)3-4-15-12(17)8-5-9(13)10(14)6-11(8)16(18)19/h3,5-6H,4H2,1-2H3,(H,15,17). The molecule has 0 unspecified atom stereocenters. The maximum atomic E-state index is 13.0. The Bertz CT molecular complexity index is 552. The van der Waals surface area contributed by atoms with Gasteiger partial charge < -0.3 is 5.32 Å². The van der Waals surface area contributed by atoms with E-state index >= 15 is 0 Å². The summed E-state index contributed by atoms with van der Waals surface area (Å²) in [5, 5.41) is 13.1. The molecule has 5 nitrogen and oxygen atoms in total. The van der Waals surface area contributed by atoms with Crippen LogP contribution in [0.1, 0.15) is 24.2 Å². The summed E-state index contributed by atoms with van der Waals surface area (Å²) in [7, 11) is 0. The van der Waals surface area contributed by atoms with E-state index in [1.54, 1.807) is 6.08 Å². The topological polar surface area (TPSA) is 72.2 Å². The van der Waals surface area contributed by atoms with Crippen LogP contribution in [0.5, 0.6) is 0 Å². The minimum atomic E-state index is -1.37. The lowest BCUT2D eigenvalue weighted by molar-refractivity contribution is -0.385. The van der Waals surface area contributed by atoms with Crippen molar-refractivity contribution in [1.82, 2.24) is 5.32 Å². The van der Waals surface area contributed by atoms with Gasteiger partial charge in [0, 0.05) is 6.54 Å². The van der Waals surface area contributed by atoms with Gasteiger partial charge >= 0.3 is 0 Å².